The molecule has 0 aliphatic carbocycles. The van der Waals surface area contributed by atoms with Crippen LogP contribution < -0.4 is 4.74 Å². The van der Waals surface area contributed by atoms with Gasteiger partial charge in [0.2, 0.25) is 0 Å². The minimum Gasteiger partial charge on any atom is -0.457 e. The monoisotopic (exact) mass is 328 g/mol. The van der Waals surface area contributed by atoms with Crippen LogP contribution in [0.4, 0.5) is 8.78 Å². The van der Waals surface area contributed by atoms with Gasteiger partial charge in [-0.3, -0.25) is 0 Å². The van der Waals surface area contributed by atoms with Crippen LogP contribution in [-0.4, -0.2) is 5.11 Å². The first kappa shape index (κ1) is 14.0. The van der Waals surface area contributed by atoms with Crippen molar-refractivity contribution >= 4 is 15.9 Å². The van der Waals surface area contributed by atoms with Gasteiger partial charge in [-0.05, 0) is 53.2 Å². The highest BCUT2D eigenvalue weighted by Crippen LogP contribution is 2.32. The van der Waals surface area contributed by atoms with Crippen molar-refractivity contribution in [1.29, 1.82) is 0 Å². The molecular weight excluding hydrogens is 318 g/mol. The molecule has 0 saturated heterocycles. The summed E-state index contributed by atoms with van der Waals surface area (Å²) in [6.07, 6.45) is -1.000. The quantitative estimate of drug-likeness (QED) is 0.894. The van der Waals surface area contributed by atoms with E-state index in [1.54, 1.807) is 6.07 Å². The highest BCUT2D eigenvalue weighted by Gasteiger charge is 2.15. The van der Waals surface area contributed by atoms with Crippen LogP contribution in [-0.2, 0) is 0 Å². The summed E-state index contributed by atoms with van der Waals surface area (Å²) in [5.41, 5.74) is 0.0722. The Labute approximate surface area is 117 Å². The van der Waals surface area contributed by atoms with Crippen LogP contribution in [0.3, 0.4) is 0 Å². The van der Waals surface area contributed by atoms with Crippen molar-refractivity contribution in [2.75, 3.05) is 0 Å². The lowest BCUT2D eigenvalue weighted by Gasteiger charge is -2.14. The summed E-state index contributed by atoms with van der Waals surface area (Å²) in [4.78, 5) is 0. The second-order valence-corrected chi connectivity index (χ2v) is 4.86. The van der Waals surface area contributed by atoms with Crippen molar-refractivity contribution in [2.24, 2.45) is 0 Å². The summed E-state index contributed by atoms with van der Waals surface area (Å²) >= 11 is 3.04. The van der Waals surface area contributed by atoms with Gasteiger partial charge in [0.05, 0.1) is 16.1 Å². The van der Waals surface area contributed by atoms with E-state index in [-0.39, 0.29) is 15.8 Å². The fourth-order valence-corrected chi connectivity index (χ4v) is 2.04. The summed E-state index contributed by atoms with van der Waals surface area (Å²) in [6.45, 7) is 1.45. The molecule has 0 fully saturated rings. The number of ether oxygens (including phenoxy) is 1. The van der Waals surface area contributed by atoms with E-state index in [4.69, 9.17) is 4.74 Å². The molecule has 0 amide bonds. The zero-order chi connectivity index (χ0) is 14.0. The van der Waals surface area contributed by atoms with Crippen LogP contribution >= 0.6 is 15.9 Å². The summed E-state index contributed by atoms with van der Waals surface area (Å²) in [5.74, 6) is -0.412. The number of rotatable bonds is 3. The second-order valence-electron chi connectivity index (χ2n) is 4.01. The standard InChI is InChI=1S/C14H11BrF2O2/c1-8(18)14-12(17)3-2-4-13(14)19-9-5-6-11(16)10(15)7-9/h2-8,18H,1H3/t8-/m0/s1. The van der Waals surface area contributed by atoms with Crippen molar-refractivity contribution in [3.05, 3.63) is 58.1 Å². The smallest absolute Gasteiger partial charge is 0.137 e. The van der Waals surface area contributed by atoms with E-state index in [2.05, 4.69) is 15.9 Å². The fourth-order valence-electron chi connectivity index (χ4n) is 1.68. The van der Waals surface area contributed by atoms with Gasteiger partial charge in [0.1, 0.15) is 23.1 Å². The van der Waals surface area contributed by atoms with Crippen molar-refractivity contribution in [1.82, 2.24) is 0 Å². The SMILES string of the molecule is C[C@H](O)c1c(F)cccc1Oc1ccc(F)c(Br)c1. The van der Waals surface area contributed by atoms with Crippen LogP contribution in [0.15, 0.2) is 40.9 Å². The van der Waals surface area contributed by atoms with E-state index in [9.17, 15) is 13.9 Å². The number of aliphatic hydroxyl groups excluding tert-OH is 1. The first-order chi connectivity index (χ1) is 8.99. The zero-order valence-corrected chi connectivity index (χ0v) is 11.6. The molecule has 0 bridgehead atoms. The molecule has 0 aliphatic heterocycles. The summed E-state index contributed by atoms with van der Waals surface area (Å²) in [7, 11) is 0. The maximum Gasteiger partial charge on any atom is 0.137 e. The fraction of sp³-hybridized carbons (Fsp3) is 0.143. The lowest BCUT2D eigenvalue weighted by Crippen LogP contribution is -1.99. The molecular formula is C14H11BrF2O2. The Morgan fingerprint density at radius 2 is 1.89 bits per heavy atom. The topological polar surface area (TPSA) is 29.5 Å². The molecule has 2 aromatic rings. The number of hydrogen-bond donors (Lipinski definition) is 1. The van der Waals surface area contributed by atoms with E-state index < -0.39 is 17.7 Å². The molecule has 2 aromatic carbocycles. The largest absolute Gasteiger partial charge is 0.457 e. The Morgan fingerprint density at radius 3 is 2.53 bits per heavy atom. The van der Waals surface area contributed by atoms with Crippen LogP contribution in [0.5, 0.6) is 11.5 Å². The predicted molar refractivity (Wildman–Crippen MR) is 71.2 cm³/mol. The van der Waals surface area contributed by atoms with Crippen molar-refractivity contribution < 1.29 is 18.6 Å². The summed E-state index contributed by atoms with van der Waals surface area (Å²) in [5, 5.41) is 9.57. The predicted octanol–water partition coefficient (Wildman–Crippen LogP) is 4.57. The Bertz CT molecular complexity index is 600. The Kier molecular flexibility index (Phi) is 4.17. The lowest BCUT2D eigenvalue weighted by molar-refractivity contribution is 0.190. The molecule has 19 heavy (non-hydrogen) atoms. The lowest BCUT2D eigenvalue weighted by atomic mass is 10.1. The van der Waals surface area contributed by atoms with E-state index >= 15 is 0 Å². The van der Waals surface area contributed by atoms with Crippen LogP contribution in [0.1, 0.15) is 18.6 Å². The normalized spacial score (nSPS) is 12.3. The third kappa shape index (κ3) is 3.11. The third-order valence-electron chi connectivity index (χ3n) is 2.55. The van der Waals surface area contributed by atoms with Gasteiger partial charge in [-0.15, -0.1) is 0 Å². The van der Waals surface area contributed by atoms with Crippen LogP contribution in [0.2, 0.25) is 0 Å². The highest BCUT2D eigenvalue weighted by atomic mass is 79.9. The Hall–Kier alpha value is -1.46. The maximum atomic E-state index is 13.6. The van der Waals surface area contributed by atoms with Crippen LogP contribution in [0.25, 0.3) is 0 Å². The van der Waals surface area contributed by atoms with Gasteiger partial charge in [0.25, 0.3) is 0 Å². The van der Waals surface area contributed by atoms with Gasteiger partial charge in [0.15, 0.2) is 0 Å². The Morgan fingerprint density at radius 1 is 1.16 bits per heavy atom. The van der Waals surface area contributed by atoms with Crippen molar-refractivity contribution in [3.63, 3.8) is 0 Å². The van der Waals surface area contributed by atoms with Gasteiger partial charge < -0.3 is 9.84 Å². The molecule has 100 valence electrons. The molecule has 0 aliphatic rings. The maximum absolute atomic E-state index is 13.6. The minimum absolute atomic E-state index is 0.0722. The number of aliphatic hydroxyl groups is 1. The minimum atomic E-state index is -1.000. The average molecular weight is 329 g/mol. The average Bonchev–Trinajstić information content (AvgIpc) is 2.33. The van der Waals surface area contributed by atoms with Gasteiger partial charge in [-0.25, -0.2) is 8.78 Å². The first-order valence-corrected chi connectivity index (χ1v) is 6.37. The van der Waals surface area contributed by atoms with E-state index in [0.29, 0.717) is 5.75 Å². The van der Waals surface area contributed by atoms with Crippen LogP contribution in [0, 0.1) is 11.6 Å². The van der Waals surface area contributed by atoms with E-state index in [1.807, 2.05) is 0 Å². The molecule has 0 spiro atoms. The molecule has 5 heteroatoms. The highest BCUT2D eigenvalue weighted by molar-refractivity contribution is 9.10. The molecule has 1 atom stereocenters. The molecule has 0 saturated carbocycles. The molecule has 0 aromatic heterocycles. The van der Waals surface area contributed by atoms with E-state index in [0.717, 1.165) is 0 Å². The first-order valence-electron chi connectivity index (χ1n) is 5.58. The number of benzene rings is 2. The van der Waals surface area contributed by atoms with Gasteiger partial charge >= 0.3 is 0 Å². The Balaban J connectivity index is 2.38. The van der Waals surface area contributed by atoms with Crippen molar-refractivity contribution in [3.8, 4) is 11.5 Å². The van der Waals surface area contributed by atoms with Gasteiger partial charge in [0, 0.05) is 0 Å². The van der Waals surface area contributed by atoms with Gasteiger partial charge in [-0.1, -0.05) is 6.07 Å². The molecule has 2 rings (SSSR count). The van der Waals surface area contributed by atoms with E-state index in [1.165, 1.54) is 37.3 Å². The third-order valence-corrected chi connectivity index (χ3v) is 3.16. The summed E-state index contributed by atoms with van der Waals surface area (Å²) < 4.78 is 32.5. The number of halogens is 3. The second kappa shape index (κ2) is 5.67. The van der Waals surface area contributed by atoms with Crippen molar-refractivity contribution in [2.45, 2.75) is 13.0 Å². The molecule has 0 heterocycles. The zero-order valence-electron chi connectivity index (χ0n) is 10.0. The molecule has 2 nitrogen and oxygen atoms in total. The molecule has 0 radical (unpaired) electrons. The summed E-state index contributed by atoms with van der Waals surface area (Å²) in [6, 6.07) is 8.37. The van der Waals surface area contributed by atoms with Gasteiger partial charge in [-0.2, -0.15) is 0 Å². The molecule has 1 N–H and O–H groups in total. The molecule has 0 unspecified atom stereocenters. The number of hydrogen-bond acceptors (Lipinski definition) is 2.